The average Bonchev–Trinajstić information content (AvgIpc) is 2.69. The molecule has 6 heteroatoms. The van der Waals surface area contributed by atoms with Crippen molar-refractivity contribution in [3.63, 3.8) is 0 Å². The van der Waals surface area contributed by atoms with Crippen molar-refractivity contribution in [1.82, 2.24) is 0 Å². The zero-order valence-corrected chi connectivity index (χ0v) is 17.9. The number of hydrogen-bond acceptors (Lipinski definition) is 4. The van der Waals surface area contributed by atoms with E-state index in [9.17, 15) is 4.79 Å². The van der Waals surface area contributed by atoms with Crippen LogP contribution in [0.3, 0.4) is 0 Å². The van der Waals surface area contributed by atoms with E-state index in [2.05, 4.69) is 5.32 Å². The average molecular weight is 363 g/mol. The second-order valence-corrected chi connectivity index (χ2v) is 8.29. The van der Waals surface area contributed by atoms with Crippen molar-refractivity contribution < 1.29 is 18.8 Å². The minimum Gasteiger partial charge on any atom is -0.444 e. The summed E-state index contributed by atoms with van der Waals surface area (Å²) in [5, 5.41) is 2.76. The third-order valence-corrected chi connectivity index (χ3v) is 4.43. The van der Waals surface area contributed by atoms with E-state index in [1.54, 1.807) is 0 Å². The zero-order chi connectivity index (χ0) is 20.3. The van der Waals surface area contributed by atoms with Crippen LogP contribution in [-0.4, -0.2) is 30.0 Å². The molecule has 1 aromatic carbocycles. The molecule has 26 heavy (non-hydrogen) atoms. The Morgan fingerprint density at radius 1 is 1.08 bits per heavy atom. The molecule has 1 aliphatic heterocycles. The van der Waals surface area contributed by atoms with Gasteiger partial charge >= 0.3 is 13.2 Å². The zero-order valence-electron chi connectivity index (χ0n) is 17.9. The van der Waals surface area contributed by atoms with Gasteiger partial charge in [-0.15, -0.1) is 0 Å². The van der Waals surface area contributed by atoms with Crippen molar-refractivity contribution in [2.24, 2.45) is 0 Å². The maximum absolute atomic E-state index is 12.0. The van der Waals surface area contributed by atoms with Crippen LogP contribution in [0.5, 0.6) is 0 Å². The Balaban J connectivity index is 0.00000163. The van der Waals surface area contributed by atoms with Crippen molar-refractivity contribution in [2.75, 3.05) is 5.32 Å². The van der Waals surface area contributed by atoms with Crippen LogP contribution >= 0.6 is 0 Å². The Kier molecular flexibility index (Phi) is 6.94. The Bertz CT molecular complexity index is 619. The first kappa shape index (κ1) is 22.5. The van der Waals surface area contributed by atoms with Gasteiger partial charge in [0.25, 0.3) is 0 Å². The van der Waals surface area contributed by atoms with E-state index in [-0.39, 0.29) is 0 Å². The van der Waals surface area contributed by atoms with Crippen molar-refractivity contribution in [1.29, 1.82) is 0 Å². The second-order valence-electron chi connectivity index (χ2n) is 8.29. The van der Waals surface area contributed by atoms with Gasteiger partial charge in [-0.25, -0.2) is 4.79 Å². The summed E-state index contributed by atoms with van der Waals surface area (Å²) >= 11 is 0. The van der Waals surface area contributed by atoms with Gasteiger partial charge < -0.3 is 14.0 Å². The minimum absolute atomic E-state index is 0.404. The lowest BCUT2D eigenvalue weighted by molar-refractivity contribution is 0.00578. The predicted molar refractivity (Wildman–Crippen MR) is 108 cm³/mol. The summed E-state index contributed by atoms with van der Waals surface area (Å²) in [5.41, 5.74) is 1.26. The van der Waals surface area contributed by atoms with Gasteiger partial charge in [-0.05, 0) is 73.0 Å². The molecule has 1 aliphatic rings. The number of carbonyl (C=O) groups excluding carboxylic acids is 1. The quantitative estimate of drug-likeness (QED) is 0.776. The maximum Gasteiger partial charge on any atom is 0.495 e. The second kappa shape index (κ2) is 8.01. The Labute approximate surface area is 158 Å². The topological polar surface area (TPSA) is 56.8 Å². The van der Waals surface area contributed by atoms with Crippen LogP contribution in [0.1, 0.15) is 67.9 Å². The minimum atomic E-state index is -0.538. The molecule has 1 heterocycles. The van der Waals surface area contributed by atoms with E-state index in [4.69, 9.17) is 14.0 Å². The molecule has 146 valence electrons. The lowest BCUT2D eigenvalue weighted by Gasteiger charge is -2.32. The van der Waals surface area contributed by atoms with Crippen LogP contribution in [0.2, 0.25) is 0 Å². The highest BCUT2D eigenvalue weighted by Gasteiger charge is 2.52. The fraction of sp³-hybridized carbons (Fsp3) is 0.650. The van der Waals surface area contributed by atoms with Crippen molar-refractivity contribution in [3.05, 3.63) is 23.8 Å². The van der Waals surface area contributed by atoms with Crippen LogP contribution in [0.4, 0.5) is 10.5 Å². The number of rotatable bonds is 2. The van der Waals surface area contributed by atoms with Crippen molar-refractivity contribution in [2.45, 2.75) is 86.0 Å². The molecule has 0 radical (unpaired) electrons. The molecule has 1 saturated heterocycles. The number of carbonyl (C=O) groups is 1. The van der Waals surface area contributed by atoms with Gasteiger partial charge in [0.05, 0.1) is 11.2 Å². The molecule has 0 atom stereocenters. The molecule has 0 bridgehead atoms. The number of ether oxygens (including phenoxy) is 1. The largest absolute Gasteiger partial charge is 0.495 e. The molecule has 0 aromatic heterocycles. The van der Waals surface area contributed by atoms with Gasteiger partial charge in [-0.1, -0.05) is 25.5 Å². The number of hydrogen-bond donors (Lipinski definition) is 1. The van der Waals surface area contributed by atoms with Gasteiger partial charge in [0.2, 0.25) is 0 Å². The Hall–Kier alpha value is -1.53. The van der Waals surface area contributed by atoms with Crippen LogP contribution in [0.15, 0.2) is 18.2 Å². The summed E-state index contributed by atoms with van der Waals surface area (Å²) in [6, 6.07) is 5.66. The van der Waals surface area contributed by atoms with E-state index in [0.29, 0.717) is 5.69 Å². The number of nitrogens with one attached hydrogen (secondary N) is 1. The molecule has 1 amide bonds. The van der Waals surface area contributed by atoms with E-state index in [1.807, 2.05) is 87.4 Å². The third-order valence-electron chi connectivity index (χ3n) is 4.43. The molecule has 0 spiro atoms. The molecule has 0 aliphatic carbocycles. The fourth-order valence-electron chi connectivity index (χ4n) is 2.36. The van der Waals surface area contributed by atoms with Gasteiger partial charge in [-0.3, -0.25) is 5.32 Å². The molecular formula is C20H34BNO4. The standard InChI is InChI=1S/C18H28BNO4.C2H6/c1-12-9-10-13(20-15(21)22-16(2,3)4)11-14(12)19-23-17(5,6)18(7,8)24-19;1-2/h9-11H,1-8H3,(H,20,21);1-2H3. The van der Waals surface area contributed by atoms with Gasteiger partial charge in [0, 0.05) is 5.69 Å². The number of benzene rings is 1. The molecule has 0 saturated carbocycles. The van der Waals surface area contributed by atoms with Crippen LogP contribution in [-0.2, 0) is 14.0 Å². The summed E-state index contributed by atoms with van der Waals surface area (Å²) in [4.78, 5) is 12.0. The number of amides is 1. The molecule has 1 aromatic rings. The first-order valence-electron chi connectivity index (χ1n) is 9.27. The smallest absolute Gasteiger partial charge is 0.444 e. The van der Waals surface area contributed by atoms with Crippen LogP contribution in [0, 0.1) is 6.92 Å². The number of anilines is 1. The van der Waals surface area contributed by atoms with Gasteiger partial charge in [0.15, 0.2) is 0 Å². The Morgan fingerprint density at radius 2 is 1.58 bits per heavy atom. The first-order valence-corrected chi connectivity index (χ1v) is 9.27. The highest BCUT2D eigenvalue weighted by molar-refractivity contribution is 6.62. The predicted octanol–water partition coefficient (Wildman–Crippen LogP) is 4.67. The lowest BCUT2D eigenvalue weighted by Crippen LogP contribution is -2.41. The lowest BCUT2D eigenvalue weighted by atomic mass is 9.76. The summed E-state index contributed by atoms with van der Waals surface area (Å²) < 4.78 is 17.5. The summed E-state index contributed by atoms with van der Waals surface area (Å²) in [7, 11) is -0.463. The monoisotopic (exact) mass is 363 g/mol. The molecular weight excluding hydrogens is 329 g/mol. The van der Waals surface area contributed by atoms with Gasteiger partial charge in [0.1, 0.15) is 5.60 Å². The first-order chi connectivity index (χ1) is 11.8. The van der Waals surface area contributed by atoms with Crippen molar-refractivity contribution >= 4 is 24.4 Å². The third kappa shape index (κ3) is 5.48. The van der Waals surface area contributed by atoms with E-state index < -0.39 is 30.0 Å². The number of aryl methyl sites for hydroxylation is 1. The highest BCUT2D eigenvalue weighted by Crippen LogP contribution is 2.36. The van der Waals surface area contributed by atoms with E-state index in [0.717, 1.165) is 11.0 Å². The van der Waals surface area contributed by atoms with E-state index in [1.165, 1.54) is 0 Å². The molecule has 5 nitrogen and oxygen atoms in total. The van der Waals surface area contributed by atoms with Gasteiger partial charge in [-0.2, -0.15) is 0 Å². The van der Waals surface area contributed by atoms with Crippen LogP contribution in [0.25, 0.3) is 0 Å². The maximum atomic E-state index is 12.0. The molecule has 2 rings (SSSR count). The molecule has 1 N–H and O–H groups in total. The van der Waals surface area contributed by atoms with E-state index >= 15 is 0 Å². The SMILES string of the molecule is CC.Cc1ccc(NC(=O)OC(C)(C)C)cc1B1OC(C)(C)C(C)(C)O1. The molecule has 0 unspecified atom stereocenters. The van der Waals surface area contributed by atoms with Crippen LogP contribution < -0.4 is 10.8 Å². The van der Waals surface area contributed by atoms with Crippen molar-refractivity contribution in [3.8, 4) is 0 Å². The molecule has 1 fully saturated rings. The fourth-order valence-corrected chi connectivity index (χ4v) is 2.36. The Morgan fingerprint density at radius 3 is 2.04 bits per heavy atom. The normalized spacial score (nSPS) is 18.0. The highest BCUT2D eigenvalue weighted by atomic mass is 16.7. The summed E-state index contributed by atoms with van der Waals surface area (Å²) in [5.74, 6) is 0. The summed E-state index contributed by atoms with van der Waals surface area (Å²) in [6.45, 7) is 19.6. The summed E-state index contributed by atoms with van der Waals surface area (Å²) in [6.07, 6.45) is -0.480.